The minimum absolute atomic E-state index is 0.00643. The number of aliphatic hydroxyl groups is 4. The van der Waals surface area contributed by atoms with Crippen LogP contribution in [-0.4, -0.2) is 143 Å². The molecule has 0 aromatic heterocycles. The van der Waals surface area contributed by atoms with Gasteiger partial charge in [-0.3, -0.25) is 9.59 Å². The van der Waals surface area contributed by atoms with Crippen molar-refractivity contribution in [3.63, 3.8) is 0 Å². The first-order chi connectivity index (χ1) is 25.4. The summed E-state index contributed by atoms with van der Waals surface area (Å²) in [7, 11) is 1.58. The summed E-state index contributed by atoms with van der Waals surface area (Å²) in [5.74, 6) is -0.221. The van der Waals surface area contributed by atoms with Crippen LogP contribution in [0.15, 0.2) is 24.3 Å². The molecule has 7 aliphatic heterocycles. The topological polar surface area (TPSA) is 180 Å². The summed E-state index contributed by atoms with van der Waals surface area (Å²) in [6.45, 7) is 10.4. The molecule has 0 aromatic carbocycles. The molecule has 18 atom stereocenters. The van der Waals surface area contributed by atoms with Gasteiger partial charge in [-0.15, -0.1) is 0 Å². The lowest BCUT2D eigenvalue weighted by molar-refractivity contribution is -0.259. The minimum atomic E-state index is -1.10. The van der Waals surface area contributed by atoms with Crippen molar-refractivity contribution < 1.29 is 63.2 Å². The third-order valence-corrected chi connectivity index (χ3v) is 13.1. The Hall–Kier alpha value is -1.62. The highest BCUT2D eigenvalue weighted by Gasteiger charge is 2.57. The average Bonchev–Trinajstić information content (AvgIpc) is 3.76. The van der Waals surface area contributed by atoms with E-state index in [9.17, 15) is 30.0 Å². The number of ketones is 2. The maximum atomic E-state index is 13.9. The Labute approximate surface area is 312 Å². The Morgan fingerprint density at radius 2 is 1.45 bits per heavy atom. The van der Waals surface area contributed by atoms with Crippen molar-refractivity contribution >= 4 is 11.6 Å². The van der Waals surface area contributed by atoms with E-state index in [1.807, 2.05) is 0 Å². The van der Waals surface area contributed by atoms with Crippen LogP contribution in [-0.2, 0) is 42.7 Å². The monoisotopic (exact) mass is 748 g/mol. The largest absolute Gasteiger partial charge is 0.394 e. The number of rotatable bonds is 4. The molecule has 0 saturated carbocycles. The molecule has 13 nitrogen and oxygen atoms in total. The zero-order chi connectivity index (χ0) is 37.6. The van der Waals surface area contributed by atoms with Gasteiger partial charge in [-0.05, 0) is 62.0 Å². The van der Waals surface area contributed by atoms with Gasteiger partial charge in [0.2, 0.25) is 0 Å². The number of carbonyl (C=O) groups excluding carboxylic acids is 2. The van der Waals surface area contributed by atoms with Crippen LogP contribution in [0.3, 0.4) is 0 Å². The maximum Gasteiger partial charge on any atom is 0.135 e. The van der Waals surface area contributed by atoms with Crippen LogP contribution in [0.2, 0.25) is 0 Å². The van der Waals surface area contributed by atoms with Crippen molar-refractivity contribution in [1.29, 1.82) is 0 Å². The van der Waals surface area contributed by atoms with Crippen LogP contribution in [0.25, 0.3) is 0 Å². The highest BCUT2D eigenvalue weighted by Crippen LogP contribution is 2.43. The van der Waals surface area contributed by atoms with E-state index in [0.717, 1.165) is 30.4 Å². The summed E-state index contributed by atoms with van der Waals surface area (Å²) >= 11 is 0. The molecule has 4 N–H and O–H groups in total. The van der Waals surface area contributed by atoms with Crippen molar-refractivity contribution in [1.82, 2.24) is 0 Å². The van der Waals surface area contributed by atoms with Crippen LogP contribution >= 0.6 is 0 Å². The van der Waals surface area contributed by atoms with Crippen LogP contribution in [0, 0.1) is 11.8 Å². The zero-order valence-corrected chi connectivity index (χ0v) is 31.2. The highest BCUT2D eigenvalue weighted by atomic mass is 16.6. The lowest BCUT2D eigenvalue weighted by Crippen LogP contribution is -2.61. The van der Waals surface area contributed by atoms with Crippen LogP contribution in [0.5, 0.6) is 0 Å². The Morgan fingerprint density at radius 1 is 0.736 bits per heavy atom. The second kappa shape index (κ2) is 16.9. The van der Waals surface area contributed by atoms with Gasteiger partial charge < -0.3 is 53.6 Å². The third-order valence-electron chi connectivity index (χ3n) is 13.1. The molecule has 7 aliphatic rings. The van der Waals surface area contributed by atoms with E-state index in [-0.39, 0.29) is 79.9 Å². The Morgan fingerprint density at radius 3 is 2.23 bits per heavy atom. The number of methoxy groups -OCH3 is 1. The molecule has 0 aliphatic carbocycles. The van der Waals surface area contributed by atoms with Gasteiger partial charge in [0, 0.05) is 51.6 Å². The Bertz CT molecular complexity index is 1340. The summed E-state index contributed by atoms with van der Waals surface area (Å²) in [6, 6.07) is 0. The third kappa shape index (κ3) is 8.56. The van der Waals surface area contributed by atoms with Crippen LogP contribution in [0.1, 0.15) is 90.4 Å². The molecular formula is C40H60O13. The molecule has 13 heteroatoms. The van der Waals surface area contributed by atoms with Gasteiger partial charge in [0.05, 0.1) is 73.8 Å². The molecule has 0 spiro atoms. The fraction of sp³-hybridized carbons (Fsp3) is 0.850. The predicted molar refractivity (Wildman–Crippen MR) is 189 cm³/mol. The van der Waals surface area contributed by atoms with Crippen LogP contribution < -0.4 is 0 Å². The van der Waals surface area contributed by atoms with Gasteiger partial charge in [-0.1, -0.05) is 20.1 Å². The molecule has 7 heterocycles. The number of fused-ring (bicyclic) bond motifs is 7. The van der Waals surface area contributed by atoms with Crippen molar-refractivity contribution in [3.8, 4) is 0 Å². The lowest BCUT2D eigenvalue weighted by Gasteiger charge is -2.46. The van der Waals surface area contributed by atoms with E-state index in [1.54, 1.807) is 7.11 Å². The standard InChI is InChI=1S/C40H60O13/c1-19-11-26-7-9-29-20(2)12-25(48-29)6-5-22(42)15-33-35(45)39-40(53-33)36(46)38-30(52-39)10-8-27(50-38)13-23(43)14-28-32(17-31(49-26)21(19)3)51-34(37(28)47-4)16-24(44)18-41/h19,24-41,44-46H,2-3,5-18H2,1,4H3/t19-,24+,25?,26+,27?,28+,29?,30+,31?,32+,33-,34?,35+,36+,37-,38+,39+,40+/m1/s1. The van der Waals surface area contributed by atoms with Crippen molar-refractivity contribution in [3.05, 3.63) is 24.3 Å². The average molecular weight is 749 g/mol. The van der Waals surface area contributed by atoms with E-state index in [0.29, 0.717) is 32.1 Å². The number of Topliss-reactive ketones (excluding diaryl/α,β-unsaturated/α-hetero) is 2. The van der Waals surface area contributed by atoms with Gasteiger partial charge in [0.25, 0.3) is 0 Å². The summed E-state index contributed by atoms with van der Waals surface area (Å²) in [5.41, 5.74) is 2.00. The quantitative estimate of drug-likeness (QED) is 0.308. The first-order valence-electron chi connectivity index (χ1n) is 19.9. The van der Waals surface area contributed by atoms with Gasteiger partial charge in [0.15, 0.2) is 0 Å². The molecule has 298 valence electrons. The Balaban J connectivity index is 1.11. The second-order valence-corrected chi connectivity index (χ2v) is 16.8. The number of ether oxygens (including phenoxy) is 7. The molecular weight excluding hydrogens is 688 g/mol. The SMILES string of the molecule is C=C1CC2CCC(=O)C[C@H]3O[C@H]4[C@@H](O)[C@H]5OC(CC[C@@H]5O[C@H]4[C@H]3O)CC(=O)C[C@H]3[C@H](CC4O[C@@H](CCC1O2)C[C@@H](C)C4=C)OC(C[C@H](O)CO)[C@@H]3OC. The Kier molecular flexibility index (Phi) is 12.6. The molecule has 0 radical (unpaired) electrons. The first-order valence-corrected chi connectivity index (χ1v) is 19.9. The van der Waals surface area contributed by atoms with E-state index < -0.39 is 79.9 Å². The summed E-state index contributed by atoms with van der Waals surface area (Å²) in [4.78, 5) is 27.0. The highest BCUT2D eigenvalue weighted by molar-refractivity contribution is 5.79. The smallest absolute Gasteiger partial charge is 0.135 e. The number of hydrogen-bond donors (Lipinski definition) is 4. The molecule has 5 unspecified atom stereocenters. The minimum Gasteiger partial charge on any atom is -0.394 e. The lowest BCUT2D eigenvalue weighted by atomic mass is 9.81. The zero-order valence-electron chi connectivity index (χ0n) is 31.2. The molecule has 7 rings (SSSR count). The van der Waals surface area contributed by atoms with Crippen LogP contribution in [0.4, 0.5) is 0 Å². The fourth-order valence-corrected chi connectivity index (χ4v) is 10.1. The normalized spacial score (nSPS) is 47.7. The molecule has 7 fully saturated rings. The van der Waals surface area contributed by atoms with Crippen molar-refractivity contribution in [2.75, 3.05) is 13.7 Å². The van der Waals surface area contributed by atoms with E-state index >= 15 is 0 Å². The second-order valence-electron chi connectivity index (χ2n) is 16.8. The van der Waals surface area contributed by atoms with Gasteiger partial charge in [0.1, 0.15) is 42.1 Å². The van der Waals surface area contributed by atoms with Crippen molar-refractivity contribution in [2.24, 2.45) is 11.8 Å². The van der Waals surface area contributed by atoms with E-state index in [4.69, 9.17) is 33.2 Å². The number of aliphatic hydroxyl groups excluding tert-OH is 4. The summed E-state index contributed by atoms with van der Waals surface area (Å²) in [5, 5.41) is 42.6. The van der Waals surface area contributed by atoms with E-state index in [1.165, 1.54) is 0 Å². The molecule has 8 bridgehead atoms. The van der Waals surface area contributed by atoms with Crippen molar-refractivity contribution in [2.45, 2.75) is 188 Å². The van der Waals surface area contributed by atoms with Gasteiger partial charge >= 0.3 is 0 Å². The molecule has 0 amide bonds. The number of carbonyl (C=O) groups is 2. The predicted octanol–water partition coefficient (Wildman–Crippen LogP) is 2.27. The first kappa shape index (κ1) is 39.6. The molecule has 53 heavy (non-hydrogen) atoms. The van der Waals surface area contributed by atoms with Gasteiger partial charge in [-0.25, -0.2) is 0 Å². The molecule has 7 saturated heterocycles. The maximum absolute atomic E-state index is 13.9. The summed E-state index contributed by atoms with van der Waals surface area (Å²) < 4.78 is 44.3. The van der Waals surface area contributed by atoms with E-state index in [2.05, 4.69) is 20.1 Å². The van der Waals surface area contributed by atoms with Gasteiger partial charge in [-0.2, -0.15) is 0 Å². The number of hydrogen-bond acceptors (Lipinski definition) is 13. The summed E-state index contributed by atoms with van der Waals surface area (Å²) in [6.07, 6.45) is -3.55. The molecule has 0 aromatic rings. The fourth-order valence-electron chi connectivity index (χ4n) is 10.1.